The van der Waals surface area contributed by atoms with Gasteiger partial charge in [-0.25, -0.2) is 0 Å². The summed E-state index contributed by atoms with van der Waals surface area (Å²) in [6.07, 6.45) is 72.7. The van der Waals surface area contributed by atoms with Crippen LogP contribution in [-0.4, -0.2) is 97.7 Å². The van der Waals surface area contributed by atoms with Crippen LogP contribution in [0.1, 0.15) is 501 Å². The van der Waals surface area contributed by atoms with Crippen LogP contribution in [0.15, 0.2) is 46.6 Å². The van der Waals surface area contributed by atoms with Crippen molar-refractivity contribution in [3.8, 4) is 0 Å². The van der Waals surface area contributed by atoms with Crippen molar-refractivity contribution >= 4 is 11.9 Å². The molecule has 11 nitrogen and oxygen atoms in total. The third-order valence-electron chi connectivity index (χ3n) is 54.5. The standard InChI is InChI=1S/C31H52O2.C28H48O.C27H42O3.C27H46O.C24H40O4/c1-8-23(20(2)3)10-9-21(4)27-13-14-28-26-12-11-24-19-25(33-22(5)32)15-17-30(24,6)29(26)16-18-31(27,28)7;1-18(2)19(3)7-8-20(4)24-11-12-25-23-10-9-21-17-22(29)13-15-27(21,5)26(23)14-16-28(24,25)6;1-16-7-12-27(29-15-16)17(2)24-23(30-27)14-22-20-6-5-18-13-19(28)8-10-25(18,3)21(20)9-11-26(22,24)4;1-18(2)7-6-8-19(3)23-11-12-24-22-10-9-20-17-21(28)13-15-26(20,4)25(22)14-16-27(23,24)5;1-14(4-7-21(27)28)17-5-6-18-22-19(9-11-24(17,18)3)23(2)10-8-16(25)12-15(23)13-20(22)26/h11,20-21,23,25-29H,8-10,12-19H2,1-7H3;9,18-20,22-26,29H,7-8,10-17H2,1-6H3;5,16-17,19-24,28H,6-15H2,1-4H3;9,18-19,21-25,28H,6-8,10-17H2,1-5H3;14-20,22,25-26H,4-13H2,1-3H3,(H,27,28)/t21-,23-,25+,26+,27-,28+,29+,30+,31-;19-,20+,22-,23-,24+,25-,26-,27-,28+;16-,17+,19+,20-,21+,22+,23+,24+,25+,26+,27-;19-,21-,22+,23-,24+,25+,26+,27-;14-,15+,16-,17-,18+,19+,20-,22+,23+,24-/m10111/s1. The molecule has 22 aliphatic rings. The van der Waals surface area contributed by atoms with Crippen LogP contribution in [-0.2, 0) is 23.8 Å². The minimum Gasteiger partial charge on any atom is -0.481 e. The van der Waals surface area contributed by atoms with Gasteiger partial charge in [0.05, 0.1) is 43.2 Å². The van der Waals surface area contributed by atoms with E-state index in [4.69, 9.17) is 19.3 Å². The summed E-state index contributed by atoms with van der Waals surface area (Å²) in [5.74, 6) is 24.0. The minimum atomic E-state index is -0.684. The smallest absolute Gasteiger partial charge is 0.303 e. The molecule has 2 saturated heterocycles. The van der Waals surface area contributed by atoms with E-state index in [2.05, 4.69) is 190 Å². The van der Waals surface area contributed by atoms with E-state index in [1.165, 1.54) is 231 Å². The van der Waals surface area contributed by atoms with Crippen LogP contribution >= 0.6 is 0 Å². The first-order valence-corrected chi connectivity index (χ1v) is 64.8. The van der Waals surface area contributed by atoms with Gasteiger partial charge in [0.25, 0.3) is 0 Å². The Morgan fingerprint density at radius 2 is 0.791 bits per heavy atom. The van der Waals surface area contributed by atoms with Crippen molar-refractivity contribution in [1.29, 1.82) is 0 Å². The van der Waals surface area contributed by atoms with Gasteiger partial charge in [0.2, 0.25) is 0 Å². The highest BCUT2D eigenvalue weighted by atomic mass is 16.7. The molecule has 18 fully saturated rings. The number of carbonyl (C=O) groups is 2. The number of hydrogen-bond donors (Lipinski definition) is 6. The van der Waals surface area contributed by atoms with Crippen LogP contribution in [0.4, 0.5) is 0 Å². The summed E-state index contributed by atoms with van der Waals surface area (Å²) in [6.45, 7) is 62.2. The Hall–Kier alpha value is -2.38. The van der Waals surface area contributed by atoms with E-state index in [1.54, 1.807) is 29.2 Å². The van der Waals surface area contributed by atoms with Gasteiger partial charge in [0.15, 0.2) is 5.79 Å². The zero-order valence-electron chi connectivity index (χ0n) is 99.8. The fourth-order valence-electron chi connectivity index (χ4n) is 45.4. The first kappa shape index (κ1) is 115. The van der Waals surface area contributed by atoms with E-state index >= 15 is 0 Å². The van der Waals surface area contributed by atoms with Crippen molar-refractivity contribution in [2.75, 3.05) is 6.61 Å². The van der Waals surface area contributed by atoms with Crippen LogP contribution in [0.25, 0.3) is 0 Å². The summed E-state index contributed by atoms with van der Waals surface area (Å²) < 4.78 is 19.0. The SMILES string of the molecule is CC(C)CCC[C@@H](C)[C@H]1CC[C@H]2[C@@H]3CC=C4C[C@H](O)CC[C@]4(C)[C@H]3CC[C@]12C.CC(C)[C@@H](C)CC[C@@H](C)[C@H]1CC[C@H]2[C@@H]3CC=C4C[C@@H](O)CC[C@]4(C)[C@H]3CC[C@]12C.CC[C@H](CC[C@@H](C)[C@H]1CC[C@H]2[C@@H]3CC=C4C[C@@H](OC(C)=O)CC[C@]4(C)[C@H]3CC[C@]12C)C(C)C.C[C@@H]1CC[C@@]2(OC1)O[C@H]1C[C@H]3[C@@H]4CC=C5C[C@@H](O)CC[C@]5(C)[C@H]4CC[C@]3(C)[C@H]1[C@@H]2C.C[C@H](CCC(=O)O)[C@H]1CC[C@H]2[C@@H]3[C@H](O)C[C@@H]4C[C@H](O)CC[C@]4(C)[C@H]3CC[C@]12C. The molecule has 0 aromatic rings. The van der Waals surface area contributed by atoms with Crippen LogP contribution in [0.5, 0.6) is 0 Å². The largest absolute Gasteiger partial charge is 0.481 e. The number of aliphatic carboxylic acids is 1. The lowest BCUT2D eigenvalue weighted by Gasteiger charge is -2.62. The highest BCUT2D eigenvalue weighted by molar-refractivity contribution is 5.66. The molecule has 20 aliphatic carbocycles. The molecular formula is C137H228O11. The van der Waals surface area contributed by atoms with Crippen molar-refractivity contribution < 1.29 is 54.4 Å². The number of fused-ring (bicyclic) bond motifs is 27. The van der Waals surface area contributed by atoms with Gasteiger partial charge in [-0.15, -0.1) is 0 Å². The van der Waals surface area contributed by atoms with Crippen LogP contribution < -0.4 is 0 Å². The molecule has 47 atom stereocenters. The Morgan fingerprint density at radius 1 is 0.392 bits per heavy atom. The third-order valence-corrected chi connectivity index (χ3v) is 54.5. The number of allylic oxidation sites excluding steroid dienone is 4. The molecule has 6 N–H and O–H groups in total. The van der Waals surface area contributed by atoms with Crippen molar-refractivity contribution in [3.63, 3.8) is 0 Å². The van der Waals surface area contributed by atoms with Crippen molar-refractivity contribution in [2.45, 2.75) is 549 Å². The average molecular weight is 2050 g/mol. The van der Waals surface area contributed by atoms with Gasteiger partial charge in [-0.05, 0) is 501 Å². The number of aliphatic hydroxyl groups is 5. The second-order valence-electron chi connectivity index (χ2n) is 62.3. The molecule has 148 heavy (non-hydrogen) atoms. The van der Waals surface area contributed by atoms with E-state index in [-0.39, 0.29) is 65.6 Å². The fourth-order valence-corrected chi connectivity index (χ4v) is 45.4. The molecule has 22 rings (SSSR count). The van der Waals surface area contributed by atoms with Crippen molar-refractivity contribution in [1.82, 2.24) is 0 Å². The second-order valence-corrected chi connectivity index (χ2v) is 62.3. The van der Waals surface area contributed by atoms with Gasteiger partial charge in [0, 0.05) is 32.1 Å². The molecule has 0 aromatic heterocycles. The van der Waals surface area contributed by atoms with Gasteiger partial charge >= 0.3 is 11.9 Å². The molecule has 0 bridgehead atoms. The van der Waals surface area contributed by atoms with E-state index in [0.717, 1.165) is 233 Å². The lowest BCUT2D eigenvalue weighted by atomic mass is 9.43. The summed E-state index contributed by atoms with van der Waals surface area (Å²) in [6, 6.07) is 0. The lowest BCUT2D eigenvalue weighted by Crippen LogP contribution is -2.58. The maximum absolute atomic E-state index is 11.5. The predicted octanol–water partition coefficient (Wildman–Crippen LogP) is 33.8. The third kappa shape index (κ3) is 21.2. The van der Waals surface area contributed by atoms with Crippen LogP contribution in [0.2, 0.25) is 0 Å². The molecule has 2 heterocycles. The molecule has 2 aliphatic heterocycles. The summed E-state index contributed by atoms with van der Waals surface area (Å²) in [5.41, 5.74) is 10.5. The van der Waals surface area contributed by atoms with E-state index in [1.807, 2.05) is 0 Å². The number of carbonyl (C=O) groups excluding carboxylic acids is 1. The molecule has 0 unspecified atom stereocenters. The van der Waals surface area contributed by atoms with E-state index in [0.29, 0.717) is 103 Å². The molecule has 16 saturated carbocycles. The van der Waals surface area contributed by atoms with Gasteiger partial charge in [-0.1, -0.05) is 258 Å². The zero-order chi connectivity index (χ0) is 106. The van der Waals surface area contributed by atoms with Crippen molar-refractivity contribution in [3.05, 3.63) is 46.6 Å². The first-order chi connectivity index (χ1) is 69.9. The number of hydrogen-bond acceptors (Lipinski definition) is 10. The Morgan fingerprint density at radius 3 is 1.22 bits per heavy atom. The number of carboxylic acid groups (broad SMARTS) is 1. The fraction of sp³-hybridized carbons (Fsp3) is 0.927. The Bertz CT molecular complexity index is 4600. The number of aliphatic hydroxyl groups excluding tert-OH is 5. The maximum atomic E-state index is 11.5. The predicted molar refractivity (Wildman–Crippen MR) is 607 cm³/mol. The van der Waals surface area contributed by atoms with Gasteiger partial charge in [-0.3, -0.25) is 9.59 Å². The number of esters is 1. The van der Waals surface area contributed by atoms with Gasteiger partial charge < -0.3 is 44.8 Å². The van der Waals surface area contributed by atoms with Gasteiger partial charge in [0.1, 0.15) is 6.10 Å². The monoisotopic (exact) mass is 2050 g/mol. The number of rotatable bonds is 21. The lowest BCUT2D eigenvalue weighted by molar-refractivity contribution is -0.272. The average Bonchev–Trinajstić information content (AvgIpc) is 1.30. The number of ether oxygens (including phenoxy) is 3. The molecule has 1 spiro atoms. The number of carboxylic acids is 1. The Balaban J connectivity index is 0.000000121. The normalized spacial score (nSPS) is 49.2. The topological polar surface area (TPSA) is 183 Å². The van der Waals surface area contributed by atoms with Crippen LogP contribution in [0, 0.1) is 244 Å². The molecule has 842 valence electrons. The van der Waals surface area contributed by atoms with Crippen LogP contribution in [0.3, 0.4) is 0 Å². The zero-order valence-corrected chi connectivity index (χ0v) is 99.8. The van der Waals surface area contributed by atoms with E-state index in [9.17, 15) is 35.1 Å². The summed E-state index contributed by atoms with van der Waals surface area (Å²) in [4.78, 5) is 22.6. The maximum Gasteiger partial charge on any atom is 0.303 e. The highest BCUT2D eigenvalue weighted by Crippen LogP contribution is 2.76. The van der Waals surface area contributed by atoms with E-state index < -0.39 is 5.97 Å². The van der Waals surface area contributed by atoms with Gasteiger partial charge in [-0.2, -0.15) is 0 Å². The Kier molecular flexibility index (Phi) is 35.0. The second kappa shape index (κ2) is 44.9. The molecule has 11 heteroatoms. The molecule has 0 amide bonds. The minimum absolute atomic E-state index is 0.0766. The molecule has 0 radical (unpaired) electrons. The molecular weight excluding hydrogens is 1820 g/mol. The molecule has 0 aromatic carbocycles. The summed E-state index contributed by atoms with van der Waals surface area (Å²) in [7, 11) is 0. The summed E-state index contributed by atoms with van der Waals surface area (Å²) >= 11 is 0. The Labute approximate surface area is 906 Å². The summed E-state index contributed by atoms with van der Waals surface area (Å²) in [5, 5.41) is 61.2. The highest BCUT2D eigenvalue weighted by Gasteiger charge is 2.71. The quantitative estimate of drug-likeness (QED) is 0.0475. The van der Waals surface area contributed by atoms with Crippen molar-refractivity contribution in [2.24, 2.45) is 244 Å². The first-order valence-electron chi connectivity index (χ1n) is 64.8.